The molecule has 2 saturated heterocycles. The molecule has 70 valence electrons. The molecule has 2 heteroatoms. The van der Waals surface area contributed by atoms with E-state index in [9.17, 15) is 0 Å². The normalized spacial score (nSPS) is 48.5. The lowest BCUT2D eigenvalue weighted by Crippen LogP contribution is -2.33. The predicted molar refractivity (Wildman–Crippen MR) is 55.6 cm³/mol. The van der Waals surface area contributed by atoms with Gasteiger partial charge in [-0.15, -0.1) is 0 Å². The van der Waals surface area contributed by atoms with Gasteiger partial charge in [0.1, 0.15) is 0 Å². The molecule has 2 aliphatic rings. The third-order valence-corrected chi connectivity index (χ3v) is 5.21. The van der Waals surface area contributed by atoms with Gasteiger partial charge >= 0.3 is 0 Å². The lowest BCUT2D eigenvalue weighted by Gasteiger charge is -2.32. The highest BCUT2D eigenvalue weighted by atomic mass is 32.2. The Hall–Kier alpha value is 0.310. The third kappa shape index (κ3) is 1.39. The third-order valence-electron chi connectivity index (χ3n) is 3.55. The second-order valence-electron chi connectivity index (χ2n) is 4.51. The van der Waals surface area contributed by atoms with E-state index in [0.29, 0.717) is 4.75 Å². The summed E-state index contributed by atoms with van der Waals surface area (Å²) in [5.74, 6) is 3.20. The molecule has 0 saturated carbocycles. The van der Waals surface area contributed by atoms with E-state index >= 15 is 0 Å². The van der Waals surface area contributed by atoms with Crippen LogP contribution in [-0.4, -0.2) is 23.6 Å². The average molecular weight is 185 g/mol. The Morgan fingerprint density at radius 2 is 2.25 bits per heavy atom. The van der Waals surface area contributed by atoms with Gasteiger partial charge in [-0.2, -0.15) is 11.8 Å². The van der Waals surface area contributed by atoms with Crippen LogP contribution in [0.5, 0.6) is 0 Å². The Balaban J connectivity index is 2.06. The molecule has 2 fully saturated rings. The van der Waals surface area contributed by atoms with Crippen molar-refractivity contribution >= 4 is 11.8 Å². The monoisotopic (exact) mass is 185 g/mol. The molecular weight excluding hydrogens is 166 g/mol. The summed E-state index contributed by atoms with van der Waals surface area (Å²) in [6.45, 7) is 7.36. The number of hydrogen-bond acceptors (Lipinski definition) is 2. The minimum atomic E-state index is 0.600. The molecule has 0 spiro atoms. The summed E-state index contributed by atoms with van der Waals surface area (Å²) in [6.07, 6.45) is 2.87. The summed E-state index contributed by atoms with van der Waals surface area (Å²) in [4.78, 5) is 0. The summed E-state index contributed by atoms with van der Waals surface area (Å²) in [5, 5.41) is 3.51. The maximum atomic E-state index is 3.51. The van der Waals surface area contributed by atoms with Gasteiger partial charge in [0.25, 0.3) is 0 Å². The highest BCUT2D eigenvalue weighted by Gasteiger charge is 2.42. The van der Waals surface area contributed by atoms with E-state index in [1.54, 1.807) is 0 Å². The Morgan fingerprint density at radius 3 is 2.75 bits per heavy atom. The van der Waals surface area contributed by atoms with Crippen molar-refractivity contribution in [2.45, 2.75) is 31.4 Å². The molecule has 0 radical (unpaired) electrons. The first-order chi connectivity index (χ1) is 5.72. The van der Waals surface area contributed by atoms with Gasteiger partial charge in [0.2, 0.25) is 0 Å². The van der Waals surface area contributed by atoms with Crippen LogP contribution in [0.25, 0.3) is 0 Å². The molecule has 1 N–H and O–H groups in total. The van der Waals surface area contributed by atoms with Gasteiger partial charge in [0.15, 0.2) is 0 Å². The average Bonchev–Trinajstić information content (AvgIpc) is 2.59. The Morgan fingerprint density at radius 1 is 1.42 bits per heavy atom. The molecule has 0 bridgehead atoms. The maximum absolute atomic E-state index is 3.51. The summed E-state index contributed by atoms with van der Waals surface area (Å²) in [7, 11) is 0. The zero-order chi connectivity index (χ0) is 8.60. The SMILES string of the molecule is CC1CNCC1C1(C)CCCS1. The van der Waals surface area contributed by atoms with Crippen molar-refractivity contribution in [3.63, 3.8) is 0 Å². The van der Waals surface area contributed by atoms with Gasteiger partial charge < -0.3 is 5.32 Å². The molecule has 0 amide bonds. The van der Waals surface area contributed by atoms with Gasteiger partial charge in [-0.3, -0.25) is 0 Å². The van der Waals surface area contributed by atoms with Crippen LogP contribution in [0.1, 0.15) is 26.7 Å². The van der Waals surface area contributed by atoms with E-state index in [1.807, 2.05) is 0 Å². The van der Waals surface area contributed by atoms with E-state index in [-0.39, 0.29) is 0 Å². The van der Waals surface area contributed by atoms with E-state index in [2.05, 4.69) is 30.9 Å². The molecule has 2 heterocycles. The summed E-state index contributed by atoms with van der Waals surface area (Å²) >= 11 is 2.21. The standard InChI is InChI=1S/C10H19NS/c1-8-6-11-7-9(8)10(2)4-3-5-12-10/h8-9,11H,3-7H2,1-2H3. The van der Waals surface area contributed by atoms with E-state index in [1.165, 1.54) is 31.7 Å². The van der Waals surface area contributed by atoms with Crippen LogP contribution in [0.3, 0.4) is 0 Å². The van der Waals surface area contributed by atoms with Gasteiger partial charge in [0.05, 0.1) is 0 Å². The smallest absolute Gasteiger partial charge is 0.0175 e. The van der Waals surface area contributed by atoms with Crippen molar-refractivity contribution in [1.82, 2.24) is 5.32 Å². The summed E-state index contributed by atoms with van der Waals surface area (Å²) in [6, 6.07) is 0. The lowest BCUT2D eigenvalue weighted by molar-refractivity contribution is 0.345. The molecular formula is C10H19NS. The fourth-order valence-corrected chi connectivity index (χ4v) is 4.29. The number of rotatable bonds is 1. The van der Waals surface area contributed by atoms with Crippen LogP contribution in [0.15, 0.2) is 0 Å². The Kier molecular flexibility index (Phi) is 2.39. The first-order valence-electron chi connectivity index (χ1n) is 5.07. The largest absolute Gasteiger partial charge is 0.316 e. The molecule has 12 heavy (non-hydrogen) atoms. The topological polar surface area (TPSA) is 12.0 Å². The maximum Gasteiger partial charge on any atom is 0.0175 e. The van der Waals surface area contributed by atoms with Crippen LogP contribution < -0.4 is 5.32 Å². The fraction of sp³-hybridized carbons (Fsp3) is 1.00. The molecule has 1 nitrogen and oxygen atoms in total. The first-order valence-corrected chi connectivity index (χ1v) is 6.05. The highest BCUT2D eigenvalue weighted by Crippen LogP contribution is 2.46. The molecule has 0 aliphatic carbocycles. The zero-order valence-corrected chi connectivity index (χ0v) is 8.91. The summed E-state index contributed by atoms with van der Waals surface area (Å²) in [5.41, 5.74) is 0. The summed E-state index contributed by atoms with van der Waals surface area (Å²) < 4.78 is 0.600. The minimum Gasteiger partial charge on any atom is -0.316 e. The second kappa shape index (κ2) is 3.22. The minimum absolute atomic E-state index is 0.600. The van der Waals surface area contributed by atoms with Gasteiger partial charge in [-0.1, -0.05) is 13.8 Å². The second-order valence-corrected chi connectivity index (χ2v) is 6.14. The van der Waals surface area contributed by atoms with Crippen molar-refractivity contribution < 1.29 is 0 Å². The molecule has 2 rings (SSSR count). The first kappa shape index (κ1) is 8.89. The molecule has 3 unspecified atom stereocenters. The van der Waals surface area contributed by atoms with Crippen LogP contribution in [0.2, 0.25) is 0 Å². The highest BCUT2D eigenvalue weighted by molar-refractivity contribution is 8.00. The number of thioether (sulfide) groups is 1. The van der Waals surface area contributed by atoms with Crippen LogP contribution in [0.4, 0.5) is 0 Å². The molecule has 0 aromatic carbocycles. The van der Waals surface area contributed by atoms with E-state index in [0.717, 1.165) is 11.8 Å². The van der Waals surface area contributed by atoms with Crippen molar-refractivity contribution in [2.75, 3.05) is 18.8 Å². The van der Waals surface area contributed by atoms with Crippen LogP contribution in [-0.2, 0) is 0 Å². The van der Waals surface area contributed by atoms with Crippen molar-refractivity contribution in [2.24, 2.45) is 11.8 Å². The van der Waals surface area contributed by atoms with Crippen molar-refractivity contribution in [3.8, 4) is 0 Å². The fourth-order valence-electron chi connectivity index (χ4n) is 2.72. The predicted octanol–water partition coefficient (Wildman–Crippen LogP) is 2.13. The Bertz CT molecular complexity index is 163. The van der Waals surface area contributed by atoms with Gasteiger partial charge in [-0.25, -0.2) is 0 Å². The molecule has 3 atom stereocenters. The van der Waals surface area contributed by atoms with Crippen molar-refractivity contribution in [3.05, 3.63) is 0 Å². The zero-order valence-electron chi connectivity index (χ0n) is 8.10. The van der Waals surface area contributed by atoms with Gasteiger partial charge in [0, 0.05) is 4.75 Å². The van der Waals surface area contributed by atoms with Crippen LogP contribution in [0, 0.1) is 11.8 Å². The van der Waals surface area contributed by atoms with Crippen LogP contribution >= 0.6 is 11.8 Å². The molecule has 0 aromatic rings. The van der Waals surface area contributed by atoms with E-state index in [4.69, 9.17) is 0 Å². The Labute approximate surface area is 79.7 Å². The van der Waals surface area contributed by atoms with Gasteiger partial charge in [-0.05, 0) is 43.5 Å². The number of nitrogens with one attached hydrogen (secondary N) is 1. The quantitative estimate of drug-likeness (QED) is 0.671. The number of hydrogen-bond donors (Lipinski definition) is 1. The molecule has 2 aliphatic heterocycles. The lowest BCUT2D eigenvalue weighted by atomic mass is 9.83. The van der Waals surface area contributed by atoms with Crippen molar-refractivity contribution in [1.29, 1.82) is 0 Å². The van der Waals surface area contributed by atoms with E-state index < -0.39 is 0 Å². The molecule has 0 aromatic heterocycles.